The van der Waals surface area contributed by atoms with Crippen LogP contribution in [0.4, 0.5) is 10.5 Å². The predicted octanol–water partition coefficient (Wildman–Crippen LogP) is 5.85. The molecule has 2 amide bonds. The van der Waals surface area contributed by atoms with Gasteiger partial charge in [0.05, 0.1) is 6.26 Å². The Morgan fingerprint density at radius 2 is 1.55 bits per heavy atom. The van der Waals surface area contributed by atoms with E-state index in [1.807, 2.05) is 12.1 Å². The molecule has 2 N–H and O–H groups in total. The van der Waals surface area contributed by atoms with E-state index in [2.05, 4.69) is 45.8 Å². The van der Waals surface area contributed by atoms with E-state index in [-0.39, 0.29) is 18.4 Å². The van der Waals surface area contributed by atoms with Crippen LogP contribution < -0.4 is 14.8 Å². The minimum absolute atomic E-state index is 0. The van der Waals surface area contributed by atoms with E-state index in [1.54, 1.807) is 24.3 Å². The van der Waals surface area contributed by atoms with E-state index in [9.17, 15) is 13.2 Å². The smallest absolute Gasteiger partial charge is 0.317 e. The highest BCUT2D eigenvalue weighted by atomic mass is 35.5. The van der Waals surface area contributed by atoms with Crippen molar-refractivity contribution in [2.45, 2.75) is 65.0 Å². The first-order chi connectivity index (χ1) is 17.8. The lowest BCUT2D eigenvalue weighted by molar-refractivity contribution is 0.116. The fraction of sp³-hybridized carbons (Fsp3) is 0.536. The summed E-state index contributed by atoms with van der Waals surface area (Å²) in [5.41, 5.74) is 1.72. The summed E-state index contributed by atoms with van der Waals surface area (Å²) < 4.78 is 31.0. The quantitative estimate of drug-likeness (QED) is 0.297. The van der Waals surface area contributed by atoms with Gasteiger partial charge in [0.15, 0.2) is 0 Å². The zero-order valence-corrected chi connectivity index (χ0v) is 24.5. The van der Waals surface area contributed by atoms with Crippen LogP contribution in [0.1, 0.15) is 57.9 Å². The number of sulfonamides is 1. The molecular formula is C28H43ClN4O4S. The molecule has 38 heavy (non-hydrogen) atoms. The average Bonchev–Trinajstić information content (AvgIpc) is 2.87. The van der Waals surface area contributed by atoms with Gasteiger partial charge in [0.25, 0.3) is 0 Å². The molecular weight excluding hydrogens is 524 g/mol. The number of rotatable bonds is 13. The van der Waals surface area contributed by atoms with Gasteiger partial charge in [-0.1, -0.05) is 38.8 Å². The summed E-state index contributed by atoms with van der Waals surface area (Å²) in [7, 11) is -3.30. The second-order valence-electron chi connectivity index (χ2n) is 9.78. The number of likely N-dealkylation sites (tertiary alicyclic amines) is 1. The highest BCUT2D eigenvalue weighted by Gasteiger charge is 2.27. The summed E-state index contributed by atoms with van der Waals surface area (Å²) in [5.74, 6) is 1.37. The van der Waals surface area contributed by atoms with E-state index >= 15 is 0 Å². The molecule has 1 aliphatic heterocycles. The normalized spacial score (nSPS) is 14.4. The molecule has 0 atom stereocenters. The number of carbonyl (C=O) groups excluding carboxylic acids is 1. The van der Waals surface area contributed by atoms with Gasteiger partial charge in [0.1, 0.15) is 11.5 Å². The number of nitrogens with one attached hydrogen (secondary N) is 2. The average molecular weight is 567 g/mol. The Balaban J connectivity index is 0.00000507. The first-order valence-electron chi connectivity index (χ1n) is 13.4. The van der Waals surface area contributed by atoms with Crippen molar-refractivity contribution in [2.24, 2.45) is 0 Å². The number of anilines is 1. The lowest BCUT2D eigenvalue weighted by Crippen LogP contribution is -2.51. The maximum absolute atomic E-state index is 12.8. The van der Waals surface area contributed by atoms with Crippen molar-refractivity contribution in [3.05, 3.63) is 54.1 Å². The molecule has 0 saturated carbocycles. The molecule has 3 rings (SSSR count). The lowest BCUT2D eigenvalue weighted by Gasteiger charge is -2.38. The van der Waals surface area contributed by atoms with E-state index in [0.717, 1.165) is 83.3 Å². The Kier molecular flexibility index (Phi) is 13.2. The van der Waals surface area contributed by atoms with E-state index < -0.39 is 10.0 Å². The summed E-state index contributed by atoms with van der Waals surface area (Å²) in [6.45, 7) is 8.71. The third-order valence-corrected chi connectivity index (χ3v) is 7.15. The van der Waals surface area contributed by atoms with Gasteiger partial charge < -0.3 is 15.0 Å². The third-order valence-electron chi connectivity index (χ3n) is 6.54. The molecule has 1 aliphatic rings. The molecule has 0 spiro atoms. The molecule has 0 bridgehead atoms. The monoisotopic (exact) mass is 566 g/mol. The largest absolute Gasteiger partial charge is 0.457 e. The predicted molar refractivity (Wildman–Crippen MR) is 157 cm³/mol. The van der Waals surface area contributed by atoms with Gasteiger partial charge in [0, 0.05) is 44.5 Å². The minimum atomic E-state index is -3.30. The number of unbranched alkanes of at least 4 members (excludes halogenated alkanes) is 2. The molecule has 0 aromatic heterocycles. The lowest BCUT2D eigenvalue weighted by atomic mass is 10.0. The summed E-state index contributed by atoms with van der Waals surface area (Å²) in [6, 6.07) is 15.3. The summed E-state index contributed by atoms with van der Waals surface area (Å²) in [5, 5.41) is 3.11. The number of nitrogens with zero attached hydrogens (tertiary/aromatic N) is 2. The van der Waals surface area contributed by atoms with E-state index in [4.69, 9.17) is 4.74 Å². The maximum atomic E-state index is 12.8. The molecule has 1 fully saturated rings. The van der Waals surface area contributed by atoms with E-state index in [0.29, 0.717) is 17.5 Å². The van der Waals surface area contributed by atoms with Crippen LogP contribution in [0.5, 0.6) is 11.5 Å². The number of hydrogen-bond acceptors (Lipinski definition) is 5. The van der Waals surface area contributed by atoms with Crippen molar-refractivity contribution in [2.75, 3.05) is 37.2 Å². The molecule has 212 valence electrons. The first-order valence-corrected chi connectivity index (χ1v) is 15.3. The number of benzene rings is 2. The molecule has 8 nitrogen and oxygen atoms in total. The maximum Gasteiger partial charge on any atom is 0.317 e. The van der Waals surface area contributed by atoms with Crippen LogP contribution in [0, 0.1) is 0 Å². The highest BCUT2D eigenvalue weighted by Crippen LogP contribution is 2.25. The van der Waals surface area contributed by atoms with Gasteiger partial charge in [-0.3, -0.25) is 9.62 Å². The van der Waals surface area contributed by atoms with Gasteiger partial charge in [-0.2, -0.15) is 0 Å². The summed E-state index contributed by atoms with van der Waals surface area (Å²) in [4.78, 5) is 17.3. The SMILES string of the molecule is CCCCNC(=O)N(CCCC)C1CCN(Cc2ccc(Oc3ccc(NS(C)(=O)=O)cc3)cc2)CC1.Cl. The number of amides is 2. The van der Waals surface area contributed by atoms with Gasteiger partial charge in [-0.05, 0) is 67.6 Å². The van der Waals surface area contributed by atoms with Crippen LogP contribution in [0.25, 0.3) is 0 Å². The van der Waals surface area contributed by atoms with Crippen molar-refractivity contribution < 1.29 is 17.9 Å². The van der Waals surface area contributed by atoms with Crippen LogP contribution in [0.2, 0.25) is 0 Å². The van der Waals surface area contributed by atoms with Crippen molar-refractivity contribution in [1.29, 1.82) is 0 Å². The molecule has 2 aromatic carbocycles. The summed E-state index contributed by atoms with van der Waals surface area (Å²) >= 11 is 0. The molecule has 0 unspecified atom stereocenters. The van der Waals surface area contributed by atoms with Gasteiger partial charge in [0.2, 0.25) is 10.0 Å². The van der Waals surface area contributed by atoms with E-state index in [1.165, 1.54) is 5.56 Å². The molecule has 2 aromatic rings. The second-order valence-corrected chi connectivity index (χ2v) is 11.5. The van der Waals surface area contributed by atoms with Gasteiger partial charge in [-0.25, -0.2) is 13.2 Å². The number of ether oxygens (including phenoxy) is 1. The number of piperidine rings is 1. The van der Waals surface area contributed by atoms with Crippen molar-refractivity contribution in [3.8, 4) is 11.5 Å². The fourth-order valence-corrected chi connectivity index (χ4v) is 5.07. The zero-order valence-electron chi connectivity index (χ0n) is 22.8. The molecule has 10 heteroatoms. The summed E-state index contributed by atoms with van der Waals surface area (Å²) in [6.07, 6.45) is 7.34. The Hall–Kier alpha value is -2.49. The third kappa shape index (κ3) is 10.7. The Morgan fingerprint density at radius 1 is 0.974 bits per heavy atom. The first kappa shape index (κ1) is 31.7. The highest BCUT2D eigenvalue weighted by molar-refractivity contribution is 7.92. The number of urea groups is 1. The second kappa shape index (κ2) is 15.8. The molecule has 1 heterocycles. The zero-order chi connectivity index (χ0) is 26.7. The molecule has 0 aliphatic carbocycles. The molecule has 0 radical (unpaired) electrons. The topological polar surface area (TPSA) is 91.0 Å². The van der Waals surface area contributed by atoms with Crippen LogP contribution in [0.15, 0.2) is 48.5 Å². The van der Waals surface area contributed by atoms with Crippen LogP contribution in [0.3, 0.4) is 0 Å². The molecule has 1 saturated heterocycles. The number of carbonyl (C=O) groups is 1. The fourth-order valence-electron chi connectivity index (χ4n) is 4.50. The minimum Gasteiger partial charge on any atom is -0.457 e. The van der Waals surface area contributed by atoms with Crippen LogP contribution >= 0.6 is 12.4 Å². The van der Waals surface area contributed by atoms with Gasteiger partial charge in [-0.15, -0.1) is 12.4 Å². The standard InChI is InChI=1S/C28H42N4O4S.ClH/c1-4-6-18-29-28(33)32(19-7-5-2)25-16-20-31(21-17-25)22-23-8-12-26(13-9-23)36-27-14-10-24(11-15-27)30-37(3,34)35;/h8-15,25,30H,4-7,16-22H2,1-3H3,(H,29,33);1H. The van der Waals surface area contributed by atoms with Crippen LogP contribution in [-0.2, 0) is 16.6 Å². The Morgan fingerprint density at radius 3 is 2.11 bits per heavy atom. The number of hydrogen-bond donors (Lipinski definition) is 2. The van der Waals surface area contributed by atoms with Crippen molar-refractivity contribution >= 4 is 34.1 Å². The van der Waals surface area contributed by atoms with Crippen LogP contribution in [-0.4, -0.2) is 62.7 Å². The van der Waals surface area contributed by atoms with Crippen molar-refractivity contribution in [1.82, 2.24) is 15.1 Å². The Labute approximate surface area is 234 Å². The van der Waals surface area contributed by atoms with Crippen molar-refractivity contribution in [3.63, 3.8) is 0 Å². The van der Waals surface area contributed by atoms with Gasteiger partial charge >= 0.3 is 6.03 Å². The Bertz CT molecular complexity index is 1070. The number of halogens is 1.